The Bertz CT molecular complexity index is 890. The number of hydrogen-bond donors (Lipinski definition) is 2. The molecule has 1 aliphatic carbocycles. The first-order chi connectivity index (χ1) is 14.0. The summed E-state index contributed by atoms with van der Waals surface area (Å²) in [6.45, 7) is 2.25. The van der Waals surface area contributed by atoms with Crippen molar-refractivity contribution in [2.24, 2.45) is 0 Å². The van der Waals surface area contributed by atoms with Crippen LogP contribution < -0.4 is 5.32 Å². The molecule has 0 spiro atoms. The van der Waals surface area contributed by atoms with Crippen LogP contribution in [0.1, 0.15) is 64.9 Å². The zero-order valence-electron chi connectivity index (χ0n) is 16.4. The predicted molar refractivity (Wildman–Crippen MR) is 112 cm³/mol. The molecule has 3 rings (SSSR count). The van der Waals surface area contributed by atoms with Crippen molar-refractivity contribution >= 4 is 34.2 Å². The van der Waals surface area contributed by atoms with Crippen molar-refractivity contribution in [1.82, 2.24) is 0 Å². The van der Waals surface area contributed by atoms with Crippen LogP contribution in [0, 0.1) is 0 Å². The molecule has 154 valence electrons. The molecule has 2 aromatic rings. The highest BCUT2D eigenvalue weighted by Crippen LogP contribution is 2.42. The Morgan fingerprint density at radius 1 is 1.21 bits per heavy atom. The fourth-order valence-corrected chi connectivity index (χ4v) is 4.91. The van der Waals surface area contributed by atoms with Gasteiger partial charge in [0.15, 0.2) is 0 Å². The van der Waals surface area contributed by atoms with Crippen molar-refractivity contribution in [2.45, 2.75) is 51.4 Å². The molecule has 0 radical (unpaired) electrons. The smallest absolute Gasteiger partial charge is 0.341 e. The molecule has 0 fully saturated rings. The van der Waals surface area contributed by atoms with E-state index in [0.29, 0.717) is 29.5 Å². The number of carbonyl (C=O) groups excluding carboxylic acids is 2. The van der Waals surface area contributed by atoms with Crippen LogP contribution in [0.4, 0.5) is 5.00 Å². The second kappa shape index (κ2) is 9.69. The van der Waals surface area contributed by atoms with Gasteiger partial charge in [-0.25, -0.2) is 4.79 Å². The maximum atomic E-state index is 12.7. The van der Waals surface area contributed by atoms with Gasteiger partial charge in [0.05, 0.1) is 18.6 Å². The van der Waals surface area contributed by atoms with Gasteiger partial charge in [0.25, 0.3) is 0 Å². The maximum absolute atomic E-state index is 12.7. The summed E-state index contributed by atoms with van der Waals surface area (Å²) < 4.78 is 5.36. The van der Waals surface area contributed by atoms with Gasteiger partial charge in [0.2, 0.25) is 5.91 Å². The van der Waals surface area contributed by atoms with Crippen LogP contribution in [0.15, 0.2) is 30.3 Å². The average molecular weight is 416 g/mol. The topological polar surface area (TPSA) is 92.7 Å². The summed E-state index contributed by atoms with van der Waals surface area (Å²) in [6, 6.07) is 10.3. The standard InChI is InChI=1S/C22H25NO5S/c1-2-12-28-22(27)20-16-9-8-15(14-6-4-3-5-7-14)13-17(16)29-21(20)23-18(24)10-11-19(25)26/h3-7,15H,2,8-13H2,1H3,(H,23,24)(H,25,26)/t15-/m0/s1. The summed E-state index contributed by atoms with van der Waals surface area (Å²) in [7, 11) is 0. The van der Waals surface area contributed by atoms with Crippen molar-refractivity contribution in [1.29, 1.82) is 0 Å². The SMILES string of the molecule is CCCOC(=O)c1c(NC(=O)CCC(=O)O)sc2c1CC[C@H](c1ccccc1)C2. The zero-order valence-corrected chi connectivity index (χ0v) is 17.2. The van der Waals surface area contributed by atoms with Crippen LogP contribution >= 0.6 is 11.3 Å². The number of esters is 1. The zero-order chi connectivity index (χ0) is 20.8. The third kappa shape index (κ3) is 5.23. The third-order valence-electron chi connectivity index (χ3n) is 5.00. The van der Waals surface area contributed by atoms with E-state index in [1.807, 2.05) is 25.1 Å². The molecule has 1 aromatic carbocycles. The van der Waals surface area contributed by atoms with E-state index in [1.54, 1.807) is 0 Å². The van der Waals surface area contributed by atoms with Gasteiger partial charge in [0, 0.05) is 11.3 Å². The Balaban J connectivity index is 1.85. The molecule has 0 bridgehead atoms. The van der Waals surface area contributed by atoms with E-state index in [4.69, 9.17) is 9.84 Å². The lowest BCUT2D eigenvalue weighted by Gasteiger charge is -2.23. The number of amides is 1. The Morgan fingerprint density at radius 3 is 2.66 bits per heavy atom. The molecule has 1 atom stereocenters. The summed E-state index contributed by atoms with van der Waals surface area (Å²) in [5.74, 6) is -1.48. The van der Waals surface area contributed by atoms with Crippen molar-refractivity contribution in [2.75, 3.05) is 11.9 Å². The number of nitrogens with one attached hydrogen (secondary N) is 1. The highest BCUT2D eigenvalue weighted by molar-refractivity contribution is 7.17. The lowest BCUT2D eigenvalue weighted by Crippen LogP contribution is -2.17. The number of hydrogen-bond acceptors (Lipinski definition) is 5. The number of anilines is 1. The molecule has 1 aromatic heterocycles. The molecule has 0 aliphatic heterocycles. The van der Waals surface area contributed by atoms with E-state index < -0.39 is 17.8 Å². The summed E-state index contributed by atoms with van der Waals surface area (Å²) in [5, 5.41) is 12.0. The van der Waals surface area contributed by atoms with E-state index in [-0.39, 0.29) is 12.8 Å². The van der Waals surface area contributed by atoms with Crippen molar-refractivity contribution in [3.05, 3.63) is 51.9 Å². The molecular formula is C22H25NO5S. The first-order valence-corrected chi connectivity index (χ1v) is 10.7. The Kier molecular flexibility index (Phi) is 7.04. The lowest BCUT2D eigenvalue weighted by molar-refractivity contribution is -0.138. The quantitative estimate of drug-likeness (QED) is 0.624. The number of carboxylic acids is 1. The molecule has 7 heteroatoms. The second-order valence-electron chi connectivity index (χ2n) is 7.14. The number of carboxylic acid groups (broad SMARTS) is 1. The summed E-state index contributed by atoms with van der Waals surface area (Å²) >= 11 is 1.40. The number of fused-ring (bicyclic) bond motifs is 1. The first-order valence-electron chi connectivity index (χ1n) is 9.87. The monoisotopic (exact) mass is 415 g/mol. The highest BCUT2D eigenvalue weighted by atomic mass is 32.1. The Labute approximate surface area is 173 Å². The van der Waals surface area contributed by atoms with E-state index >= 15 is 0 Å². The van der Waals surface area contributed by atoms with Crippen LogP contribution in [-0.4, -0.2) is 29.6 Å². The molecular weight excluding hydrogens is 390 g/mol. The number of carbonyl (C=O) groups is 3. The predicted octanol–water partition coefficient (Wildman–Crippen LogP) is 4.39. The molecule has 1 heterocycles. The van der Waals surface area contributed by atoms with Crippen molar-refractivity contribution in [3.8, 4) is 0 Å². The van der Waals surface area contributed by atoms with E-state index in [1.165, 1.54) is 16.9 Å². The highest BCUT2D eigenvalue weighted by Gasteiger charge is 2.30. The van der Waals surface area contributed by atoms with Crippen molar-refractivity contribution < 1.29 is 24.2 Å². The number of ether oxygens (including phenoxy) is 1. The molecule has 1 amide bonds. The first kappa shape index (κ1) is 21.0. The Hall–Kier alpha value is -2.67. The maximum Gasteiger partial charge on any atom is 0.341 e. The summed E-state index contributed by atoms with van der Waals surface area (Å²) in [5.41, 5.74) is 2.67. The fourth-order valence-electron chi connectivity index (χ4n) is 3.58. The van der Waals surface area contributed by atoms with E-state index in [0.717, 1.165) is 29.7 Å². The van der Waals surface area contributed by atoms with Crippen LogP contribution in [0.3, 0.4) is 0 Å². The van der Waals surface area contributed by atoms with Crippen LogP contribution in [0.2, 0.25) is 0 Å². The fraction of sp³-hybridized carbons (Fsp3) is 0.409. The lowest BCUT2D eigenvalue weighted by atomic mass is 9.83. The van der Waals surface area contributed by atoms with Crippen molar-refractivity contribution in [3.63, 3.8) is 0 Å². The van der Waals surface area contributed by atoms with Gasteiger partial charge in [-0.05, 0) is 42.7 Å². The Morgan fingerprint density at radius 2 is 1.97 bits per heavy atom. The van der Waals surface area contributed by atoms with Gasteiger partial charge in [-0.3, -0.25) is 9.59 Å². The van der Waals surface area contributed by atoms with E-state index in [9.17, 15) is 14.4 Å². The average Bonchev–Trinajstić information content (AvgIpc) is 3.08. The molecule has 0 unspecified atom stereocenters. The molecule has 2 N–H and O–H groups in total. The normalized spacial score (nSPS) is 15.4. The minimum Gasteiger partial charge on any atom is -0.481 e. The molecule has 0 saturated carbocycles. The minimum atomic E-state index is -1.03. The van der Waals surface area contributed by atoms with Gasteiger partial charge in [-0.1, -0.05) is 37.3 Å². The van der Waals surface area contributed by atoms with E-state index in [2.05, 4.69) is 17.4 Å². The summed E-state index contributed by atoms with van der Waals surface area (Å²) in [4.78, 5) is 36.7. The minimum absolute atomic E-state index is 0.131. The molecule has 0 saturated heterocycles. The van der Waals surface area contributed by atoms with Gasteiger partial charge in [-0.15, -0.1) is 11.3 Å². The van der Waals surface area contributed by atoms with Crippen LogP contribution in [0.25, 0.3) is 0 Å². The van der Waals surface area contributed by atoms with Gasteiger partial charge < -0.3 is 15.2 Å². The number of thiophene rings is 1. The van der Waals surface area contributed by atoms with Gasteiger partial charge in [0.1, 0.15) is 5.00 Å². The molecule has 6 nitrogen and oxygen atoms in total. The number of aliphatic carboxylic acids is 1. The number of rotatable bonds is 8. The van der Waals surface area contributed by atoms with Gasteiger partial charge in [-0.2, -0.15) is 0 Å². The number of benzene rings is 1. The molecule has 29 heavy (non-hydrogen) atoms. The third-order valence-corrected chi connectivity index (χ3v) is 6.17. The second-order valence-corrected chi connectivity index (χ2v) is 8.24. The largest absolute Gasteiger partial charge is 0.481 e. The molecule has 1 aliphatic rings. The van der Waals surface area contributed by atoms with Crippen LogP contribution in [0.5, 0.6) is 0 Å². The van der Waals surface area contributed by atoms with Gasteiger partial charge >= 0.3 is 11.9 Å². The van der Waals surface area contributed by atoms with Crippen LogP contribution in [-0.2, 0) is 27.2 Å². The summed E-state index contributed by atoms with van der Waals surface area (Å²) in [6.07, 6.45) is 2.81.